The molecule has 2 aromatic rings. The zero-order valence-corrected chi connectivity index (χ0v) is 10.2. The molecule has 2 heterocycles. The van der Waals surface area contributed by atoms with Gasteiger partial charge in [0.2, 0.25) is 17.5 Å². The van der Waals surface area contributed by atoms with Gasteiger partial charge in [0.15, 0.2) is 0 Å². The molecule has 0 unspecified atom stereocenters. The van der Waals surface area contributed by atoms with Gasteiger partial charge in [-0.05, 0) is 25.5 Å². The van der Waals surface area contributed by atoms with Crippen LogP contribution < -0.4 is 5.73 Å². The molecule has 0 aliphatic carbocycles. The van der Waals surface area contributed by atoms with E-state index in [1.807, 2.05) is 0 Å². The quantitative estimate of drug-likeness (QED) is 0.747. The Kier molecular flexibility index (Phi) is 4.78. The van der Waals surface area contributed by atoms with Crippen LogP contribution in [0.3, 0.4) is 0 Å². The number of rotatable bonds is 7. The fourth-order valence-electron chi connectivity index (χ4n) is 1.64. The van der Waals surface area contributed by atoms with Crippen LogP contribution in [0.25, 0.3) is 11.6 Å². The second-order valence-corrected chi connectivity index (χ2v) is 4.04. The van der Waals surface area contributed by atoms with Gasteiger partial charge >= 0.3 is 0 Å². The SMILES string of the molecule is NCCCCCCc1nc(-c2ncccn2)no1. The molecule has 0 amide bonds. The summed E-state index contributed by atoms with van der Waals surface area (Å²) in [6, 6.07) is 1.75. The van der Waals surface area contributed by atoms with Crippen molar-refractivity contribution in [1.82, 2.24) is 20.1 Å². The zero-order valence-electron chi connectivity index (χ0n) is 10.2. The number of hydrogen-bond acceptors (Lipinski definition) is 6. The fraction of sp³-hybridized carbons (Fsp3) is 0.500. The van der Waals surface area contributed by atoms with E-state index in [4.69, 9.17) is 10.3 Å². The molecular formula is C12H17N5O. The lowest BCUT2D eigenvalue weighted by Crippen LogP contribution is -1.97. The lowest BCUT2D eigenvalue weighted by molar-refractivity contribution is 0.373. The summed E-state index contributed by atoms with van der Waals surface area (Å²) < 4.78 is 5.16. The first kappa shape index (κ1) is 12.6. The molecule has 0 atom stereocenters. The van der Waals surface area contributed by atoms with Crippen LogP contribution in [-0.2, 0) is 6.42 Å². The van der Waals surface area contributed by atoms with E-state index in [-0.39, 0.29) is 0 Å². The van der Waals surface area contributed by atoms with Crippen LogP contribution in [0.2, 0.25) is 0 Å². The molecule has 2 N–H and O–H groups in total. The Morgan fingerprint density at radius 2 is 1.78 bits per heavy atom. The minimum atomic E-state index is 0.451. The molecule has 0 fully saturated rings. The number of aryl methyl sites for hydroxylation is 1. The summed E-state index contributed by atoms with van der Waals surface area (Å²) in [5.74, 6) is 1.59. The molecule has 96 valence electrons. The maximum absolute atomic E-state index is 5.43. The third-order valence-electron chi connectivity index (χ3n) is 2.58. The van der Waals surface area contributed by atoms with Gasteiger partial charge in [-0.3, -0.25) is 0 Å². The van der Waals surface area contributed by atoms with E-state index in [0.717, 1.165) is 38.6 Å². The van der Waals surface area contributed by atoms with E-state index in [1.165, 1.54) is 0 Å². The first-order valence-electron chi connectivity index (χ1n) is 6.20. The molecule has 0 saturated heterocycles. The first-order valence-corrected chi connectivity index (χ1v) is 6.20. The molecule has 0 aromatic carbocycles. The maximum Gasteiger partial charge on any atom is 0.240 e. The Labute approximate surface area is 106 Å². The van der Waals surface area contributed by atoms with Crippen LogP contribution in [0.15, 0.2) is 23.0 Å². The van der Waals surface area contributed by atoms with Gasteiger partial charge in [0.05, 0.1) is 0 Å². The van der Waals surface area contributed by atoms with Gasteiger partial charge in [0.25, 0.3) is 0 Å². The van der Waals surface area contributed by atoms with Gasteiger partial charge in [-0.1, -0.05) is 18.0 Å². The second-order valence-electron chi connectivity index (χ2n) is 4.04. The molecule has 0 aliphatic rings. The number of aromatic nitrogens is 4. The van der Waals surface area contributed by atoms with Crippen LogP contribution >= 0.6 is 0 Å². The average molecular weight is 247 g/mol. The molecular weight excluding hydrogens is 230 g/mol. The Bertz CT molecular complexity index is 457. The van der Waals surface area contributed by atoms with Gasteiger partial charge < -0.3 is 10.3 Å². The van der Waals surface area contributed by atoms with E-state index in [0.29, 0.717) is 17.5 Å². The van der Waals surface area contributed by atoms with Crippen LogP contribution in [-0.4, -0.2) is 26.7 Å². The minimum Gasteiger partial charge on any atom is -0.339 e. The van der Waals surface area contributed by atoms with Gasteiger partial charge in [-0.2, -0.15) is 4.98 Å². The van der Waals surface area contributed by atoms with Gasteiger partial charge in [-0.15, -0.1) is 0 Å². The molecule has 2 rings (SSSR count). The number of nitrogens with zero attached hydrogens (tertiary/aromatic N) is 4. The van der Waals surface area contributed by atoms with Crippen molar-refractivity contribution in [1.29, 1.82) is 0 Å². The molecule has 2 aromatic heterocycles. The summed E-state index contributed by atoms with van der Waals surface area (Å²) in [4.78, 5) is 12.4. The van der Waals surface area contributed by atoms with Crippen LogP contribution in [0, 0.1) is 0 Å². The first-order chi connectivity index (χ1) is 8.90. The second kappa shape index (κ2) is 6.80. The van der Waals surface area contributed by atoms with Crippen molar-refractivity contribution >= 4 is 0 Å². The van der Waals surface area contributed by atoms with E-state index in [9.17, 15) is 0 Å². The molecule has 6 heteroatoms. The summed E-state index contributed by atoms with van der Waals surface area (Å²) in [6.45, 7) is 0.760. The van der Waals surface area contributed by atoms with Gasteiger partial charge in [-0.25, -0.2) is 9.97 Å². The van der Waals surface area contributed by atoms with Crippen LogP contribution in [0.1, 0.15) is 31.6 Å². The van der Waals surface area contributed by atoms with E-state index in [1.54, 1.807) is 18.5 Å². The summed E-state index contributed by atoms with van der Waals surface area (Å²) in [6.07, 6.45) is 8.51. The number of unbranched alkanes of at least 4 members (excludes halogenated alkanes) is 3. The predicted octanol–water partition coefficient (Wildman–Crippen LogP) is 1.59. The molecule has 6 nitrogen and oxygen atoms in total. The topological polar surface area (TPSA) is 90.7 Å². The largest absolute Gasteiger partial charge is 0.339 e. The van der Waals surface area contributed by atoms with Crippen molar-refractivity contribution in [3.05, 3.63) is 24.4 Å². The maximum atomic E-state index is 5.43. The minimum absolute atomic E-state index is 0.451. The Morgan fingerprint density at radius 1 is 1.00 bits per heavy atom. The molecule has 0 bridgehead atoms. The standard InChI is InChI=1S/C12H17N5O/c13-7-4-2-1-3-6-10-16-12(17-18-10)11-14-8-5-9-15-11/h5,8-9H,1-4,6-7,13H2. The smallest absolute Gasteiger partial charge is 0.240 e. The van der Waals surface area contributed by atoms with Crippen molar-refractivity contribution in [2.75, 3.05) is 6.54 Å². The summed E-state index contributed by atoms with van der Waals surface area (Å²) in [5.41, 5.74) is 5.43. The van der Waals surface area contributed by atoms with Crippen molar-refractivity contribution in [3.63, 3.8) is 0 Å². The Morgan fingerprint density at radius 3 is 2.56 bits per heavy atom. The lowest BCUT2D eigenvalue weighted by Gasteiger charge is -1.96. The summed E-state index contributed by atoms with van der Waals surface area (Å²) >= 11 is 0. The number of nitrogens with two attached hydrogens (primary N) is 1. The summed E-state index contributed by atoms with van der Waals surface area (Å²) in [5, 5.41) is 3.87. The summed E-state index contributed by atoms with van der Waals surface area (Å²) in [7, 11) is 0. The Hall–Kier alpha value is -1.82. The monoisotopic (exact) mass is 247 g/mol. The van der Waals surface area contributed by atoms with Gasteiger partial charge in [0, 0.05) is 18.8 Å². The molecule has 0 radical (unpaired) electrons. The van der Waals surface area contributed by atoms with E-state index < -0.39 is 0 Å². The highest BCUT2D eigenvalue weighted by atomic mass is 16.5. The Balaban J connectivity index is 1.83. The lowest BCUT2D eigenvalue weighted by atomic mass is 10.1. The van der Waals surface area contributed by atoms with Crippen LogP contribution in [0.5, 0.6) is 0 Å². The number of hydrogen-bond donors (Lipinski definition) is 1. The van der Waals surface area contributed by atoms with E-state index in [2.05, 4.69) is 20.1 Å². The van der Waals surface area contributed by atoms with Crippen LogP contribution in [0.4, 0.5) is 0 Å². The third-order valence-corrected chi connectivity index (χ3v) is 2.58. The molecule has 0 spiro atoms. The predicted molar refractivity (Wildman–Crippen MR) is 66.6 cm³/mol. The highest BCUT2D eigenvalue weighted by molar-refractivity contribution is 5.40. The van der Waals surface area contributed by atoms with Crippen molar-refractivity contribution < 1.29 is 4.52 Å². The van der Waals surface area contributed by atoms with Crippen molar-refractivity contribution in [2.45, 2.75) is 32.1 Å². The van der Waals surface area contributed by atoms with Crippen molar-refractivity contribution in [3.8, 4) is 11.6 Å². The molecule has 0 aliphatic heterocycles. The fourth-order valence-corrected chi connectivity index (χ4v) is 1.64. The zero-order chi connectivity index (χ0) is 12.6. The van der Waals surface area contributed by atoms with Gasteiger partial charge in [0.1, 0.15) is 0 Å². The normalized spacial score (nSPS) is 10.7. The highest BCUT2D eigenvalue weighted by Gasteiger charge is 2.09. The third kappa shape index (κ3) is 3.59. The average Bonchev–Trinajstić information content (AvgIpc) is 2.88. The molecule has 0 saturated carbocycles. The highest BCUT2D eigenvalue weighted by Crippen LogP contribution is 2.11. The van der Waals surface area contributed by atoms with E-state index >= 15 is 0 Å². The van der Waals surface area contributed by atoms with Crippen molar-refractivity contribution in [2.24, 2.45) is 5.73 Å². The molecule has 18 heavy (non-hydrogen) atoms.